The number of hydrogen-bond acceptors (Lipinski definition) is 5. The van der Waals surface area contributed by atoms with Gasteiger partial charge in [0.25, 0.3) is 0 Å². The maximum absolute atomic E-state index is 12.8. The molecule has 0 bridgehead atoms. The van der Waals surface area contributed by atoms with Crippen molar-refractivity contribution in [2.75, 3.05) is 19.0 Å². The minimum Gasteiger partial charge on any atom is -0.627 e. The molecule has 0 aliphatic carbocycles. The second kappa shape index (κ2) is 6.47. The molecule has 1 aromatic carbocycles. The van der Waals surface area contributed by atoms with Crippen LogP contribution in [0.2, 0.25) is 0 Å². The first-order chi connectivity index (χ1) is 9.19. The van der Waals surface area contributed by atoms with Crippen LogP contribution in [0.3, 0.4) is 0 Å². The third-order valence-corrected chi connectivity index (χ3v) is 4.59. The quantitative estimate of drug-likeness (QED) is 0.359. The van der Waals surface area contributed by atoms with Gasteiger partial charge in [-0.15, -0.1) is 4.91 Å². The molecule has 19 heavy (non-hydrogen) atoms. The minimum atomic E-state index is -0.341. The Bertz CT molecular complexity index is 456. The summed E-state index contributed by atoms with van der Waals surface area (Å²) in [5.74, 6) is 0.495. The molecule has 0 saturated heterocycles. The SMILES string of the molecule is NCCCCCC[N+]1([O-])CSc2ccc(N=O)cc21. The Balaban J connectivity index is 2.00. The number of fused-ring (bicyclic) bond motifs is 1. The number of thioether (sulfide) groups is 1. The molecule has 6 heteroatoms. The number of hydrogen-bond donors (Lipinski definition) is 1. The van der Waals surface area contributed by atoms with Gasteiger partial charge in [-0.25, -0.2) is 0 Å². The molecule has 2 rings (SSSR count). The highest BCUT2D eigenvalue weighted by Gasteiger charge is 2.31. The van der Waals surface area contributed by atoms with Gasteiger partial charge in [-0.05, 0) is 43.1 Å². The maximum atomic E-state index is 12.8. The summed E-state index contributed by atoms with van der Waals surface area (Å²) >= 11 is 1.56. The van der Waals surface area contributed by atoms with Gasteiger partial charge in [-0.3, -0.25) is 0 Å². The highest BCUT2D eigenvalue weighted by atomic mass is 32.2. The van der Waals surface area contributed by atoms with E-state index in [1.165, 1.54) is 0 Å². The monoisotopic (exact) mass is 281 g/mol. The second-order valence-corrected chi connectivity index (χ2v) is 5.82. The lowest BCUT2D eigenvalue weighted by Crippen LogP contribution is -2.41. The van der Waals surface area contributed by atoms with Crippen LogP contribution in [0.15, 0.2) is 28.3 Å². The average Bonchev–Trinajstić information content (AvgIpc) is 2.76. The first-order valence-electron chi connectivity index (χ1n) is 6.58. The predicted molar refractivity (Wildman–Crippen MR) is 80.2 cm³/mol. The van der Waals surface area contributed by atoms with Crippen LogP contribution in [0.1, 0.15) is 25.7 Å². The van der Waals surface area contributed by atoms with E-state index in [2.05, 4.69) is 5.18 Å². The van der Waals surface area contributed by atoms with Crippen molar-refractivity contribution in [1.82, 2.24) is 4.65 Å². The van der Waals surface area contributed by atoms with E-state index in [0.29, 0.717) is 30.3 Å². The standard InChI is InChI=1S/C13H19N3O2S/c14-7-3-1-2-4-8-16(18)10-19-13-6-5-11(15-17)9-12(13)16/h5-6,9H,1-4,7-8,10,14H2. The first-order valence-corrected chi connectivity index (χ1v) is 7.57. The van der Waals surface area contributed by atoms with Crippen molar-refractivity contribution >= 4 is 23.1 Å². The van der Waals surface area contributed by atoms with E-state index in [-0.39, 0.29) is 4.65 Å². The van der Waals surface area contributed by atoms with Crippen molar-refractivity contribution in [2.45, 2.75) is 30.6 Å². The number of nitrogens with zero attached hydrogens (tertiary/aromatic N) is 2. The summed E-state index contributed by atoms with van der Waals surface area (Å²) in [6.45, 7) is 1.28. The maximum Gasteiger partial charge on any atom is 0.149 e. The zero-order chi connectivity index (χ0) is 13.7. The van der Waals surface area contributed by atoms with Crippen molar-refractivity contribution in [3.63, 3.8) is 0 Å². The van der Waals surface area contributed by atoms with E-state index in [1.54, 1.807) is 23.9 Å². The largest absolute Gasteiger partial charge is 0.627 e. The van der Waals surface area contributed by atoms with Crippen LogP contribution in [-0.2, 0) is 0 Å². The third-order valence-electron chi connectivity index (χ3n) is 3.39. The van der Waals surface area contributed by atoms with Gasteiger partial charge in [0.1, 0.15) is 17.3 Å². The summed E-state index contributed by atoms with van der Waals surface area (Å²) in [5, 5.41) is 15.7. The highest BCUT2D eigenvalue weighted by molar-refractivity contribution is 7.99. The molecule has 0 amide bonds. The molecule has 2 N–H and O–H groups in total. The van der Waals surface area contributed by atoms with E-state index < -0.39 is 0 Å². The minimum absolute atomic E-state index is 0.336. The molecular formula is C13H19N3O2S. The molecule has 0 fully saturated rings. The van der Waals surface area contributed by atoms with Crippen LogP contribution in [0.5, 0.6) is 0 Å². The topological polar surface area (TPSA) is 78.5 Å². The summed E-state index contributed by atoms with van der Waals surface area (Å²) in [6, 6.07) is 5.12. The lowest BCUT2D eigenvalue weighted by atomic mass is 10.2. The number of rotatable bonds is 7. The molecule has 1 unspecified atom stereocenters. The molecule has 0 spiro atoms. The Kier molecular flexibility index (Phi) is 4.93. The number of nitroso groups, excluding NO2 is 1. The molecule has 104 valence electrons. The summed E-state index contributed by atoms with van der Waals surface area (Å²) in [4.78, 5) is 11.5. The second-order valence-electron chi connectivity index (χ2n) is 4.83. The Morgan fingerprint density at radius 3 is 2.84 bits per heavy atom. The van der Waals surface area contributed by atoms with Crippen molar-refractivity contribution in [3.8, 4) is 0 Å². The zero-order valence-electron chi connectivity index (χ0n) is 10.9. The molecule has 1 atom stereocenters. The average molecular weight is 281 g/mol. The van der Waals surface area contributed by atoms with E-state index in [9.17, 15) is 10.1 Å². The Morgan fingerprint density at radius 2 is 2.11 bits per heavy atom. The van der Waals surface area contributed by atoms with E-state index >= 15 is 0 Å². The van der Waals surface area contributed by atoms with Crippen LogP contribution in [0.25, 0.3) is 0 Å². The molecule has 5 nitrogen and oxygen atoms in total. The predicted octanol–water partition coefficient (Wildman–Crippen LogP) is 3.47. The van der Waals surface area contributed by atoms with Gasteiger partial charge in [0.05, 0.1) is 11.4 Å². The van der Waals surface area contributed by atoms with Crippen LogP contribution in [0, 0.1) is 10.1 Å². The molecular weight excluding hydrogens is 262 g/mol. The molecule has 0 radical (unpaired) electrons. The third kappa shape index (κ3) is 3.33. The van der Waals surface area contributed by atoms with Gasteiger partial charge in [0.2, 0.25) is 0 Å². The highest BCUT2D eigenvalue weighted by Crippen LogP contribution is 2.45. The van der Waals surface area contributed by atoms with Gasteiger partial charge in [0.15, 0.2) is 0 Å². The molecule has 0 aromatic heterocycles. The number of unbranched alkanes of at least 4 members (excludes halogenated alkanes) is 3. The summed E-state index contributed by atoms with van der Waals surface area (Å²) in [6.07, 6.45) is 4.02. The van der Waals surface area contributed by atoms with E-state index in [1.807, 2.05) is 6.07 Å². The fraction of sp³-hybridized carbons (Fsp3) is 0.538. The van der Waals surface area contributed by atoms with Crippen LogP contribution < -0.4 is 10.4 Å². The van der Waals surface area contributed by atoms with Gasteiger partial charge in [-0.1, -0.05) is 18.2 Å². The zero-order valence-corrected chi connectivity index (χ0v) is 11.7. The van der Waals surface area contributed by atoms with E-state index in [0.717, 1.165) is 30.6 Å². The van der Waals surface area contributed by atoms with Gasteiger partial charge >= 0.3 is 0 Å². The van der Waals surface area contributed by atoms with Crippen LogP contribution in [0.4, 0.5) is 11.4 Å². The Morgan fingerprint density at radius 1 is 1.32 bits per heavy atom. The van der Waals surface area contributed by atoms with Crippen molar-refractivity contribution in [2.24, 2.45) is 10.9 Å². The van der Waals surface area contributed by atoms with Crippen molar-refractivity contribution in [1.29, 1.82) is 0 Å². The fourth-order valence-electron chi connectivity index (χ4n) is 2.30. The smallest absolute Gasteiger partial charge is 0.149 e. The number of hydroxylamine groups is 2. The number of benzene rings is 1. The van der Waals surface area contributed by atoms with Gasteiger partial charge < -0.3 is 15.6 Å². The Labute approximate surface area is 117 Å². The van der Waals surface area contributed by atoms with Crippen LogP contribution >= 0.6 is 11.8 Å². The molecule has 1 aliphatic heterocycles. The Hall–Kier alpha value is -0.950. The van der Waals surface area contributed by atoms with Crippen molar-refractivity contribution < 1.29 is 0 Å². The summed E-state index contributed by atoms with van der Waals surface area (Å²) < 4.78 is -0.341. The fourth-order valence-corrected chi connectivity index (χ4v) is 3.45. The lowest BCUT2D eigenvalue weighted by Gasteiger charge is -2.37. The van der Waals surface area contributed by atoms with Gasteiger partial charge in [0, 0.05) is 6.07 Å². The number of quaternary nitrogens is 1. The van der Waals surface area contributed by atoms with Gasteiger partial charge in [-0.2, -0.15) is 0 Å². The van der Waals surface area contributed by atoms with Crippen LogP contribution in [-0.4, -0.2) is 19.0 Å². The summed E-state index contributed by atoms with van der Waals surface area (Å²) in [7, 11) is 0. The molecule has 1 heterocycles. The molecule has 0 saturated carbocycles. The first kappa shape index (κ1) is 14.5. The summed E-state index contributed by atoms with van der Waals surface area (Å²) in [5.41, 5.74) is 6.48. The number of nitrogens with two attached hydrogens (primary N) is 1. The molecule has 1 aliphatic rings. The molecule has 1 aromatic rings. The normalized spacial score (nSPS) is 21.4. The van der Waals surface area contributed by atoms with E-state index in [4.69, 9.17) is 5.73 Å². The lowest BCUT2D eigenvalue weighted by molar-refractivity contribution is 0.412. The van der Waals surface area contributed by atoms with Crippen molar-refractivity contribution in [3.05, 3.63) is 28.3 Å².